The van der Waals surface area contributed by atoms with E-state index in [-0.39, 0.29) is 26.1 Å². The van der Waals surface area contributed by atoms with Crippen LogP contribution in [-0.2, 0) is 10.0 Å². The van der Waals surface area contributed by atoms with Crippen LogP contribution in [0.2, 0.25) is 0 Å². The van der Waals surface area contributed by atoms with E-state index in [1.165, 1.54) is 0 Å². The molecule has 120 valence electrons. The molecular formula is C11H15F4N3O2S. The van der Waals surface area contributed by atoms with E-state index < -0.39 is 39.2 Å². The van der Waals surface area contributed by atoms with Crippen molar-refractivity contribution in [2.45, 2.75) is 13.3 Å². The lowest BCUT2D eigenvalue weighted by Crippen LogP contribution is -2.31. The zero-order valence-corrected chi connectivity index (χ0v) is 12.3. The summed E-state index contributed by atoms with van der Waals surface area (Å²) in [5.74, 6) is -6.74. The summed E-state index contributed by atoms with van der Waals surface area (Å²) in [4.78, 5) is 2.42. The van der Waals surface area contributed by atoms with Crippen LogP contribution in [0.5, 0.6) is 0 Å². The van der Waals surface area contributed by atoms with Gasteiger partial charge in [-0.2, -0.15) is 22.5 Å². The lowest BCUT2D eigenvalue weighted by Gasteiger charge is -2.18. The fourth-order valence-electron chi connectivity index (χ4n) is 1.67. The minimum absolute atomic E-state index is 0.0667. The van der Waals surface area contributed by atoms with Crippen LogP contribution in [-0.4, -0.2) is 43.6 Å². The molecule has 0 saturated carbocycles. The van der Waals surface area contributed by atoms with Crippen molar-refractivity contribution in [2.24, 2.45) is 0 Å². The average Bonchev–Trinajstić information content (AvgIpc) is 2.38. The second kappa shape index (κ2) is 7.03. The summed E-state index contributed by atoms with van der Waals surface area (Å²) in [5, 5.41) is 2.20. The first-order valence-electron chi connectivity index (χ1n) is 6.07. The van der Waals surface area contributed by atoms with Crippen molar-refractivity contribution in [3.05, 3.63) is 23.5 Å². The van der Waals surface area contributed by atoms with E-state index in [0.717, 1.165) is 10.6 Å². The van der Waals surface area contributed by atoms with E-state index in [1.807, 2.05) is 0 Å². The highest BCUT2D eigenvalue weighted by Gasteiger charge is 2.20. The summed E-state index contributed by atoms with van der Waals surface area (Å²) in [6, 6.07) is 0. The van der Waals surface area contributed by atoms with Gasteiger partial charge in [-0.1, -0.05) is 6.92 Å². The van der Waals surface area contributed by atoms with Gasteiger partial charge in [-0.3, -0.25) is 0 Å². The van der Waals surface area contributed by atoms with E-state index in [0.29, 0.717) is 0 Å². The zero-order chi connectivity index (χ0) is 16.2. The largest absolute Gasteiger partial charge is 0.380 e. The van der Waals surface area contributed by atoms with Gasteiger partial charge in [-0.05, 0) is 6.42 Å². The number of aromatic nitrogens is 1. The molecule has 1 heterocycles. The Hall–Kier alpha value is -1.42. The molecule has 1 aromatic heterocycles. The number of nitrogens with one attached hydrogen (secondary N) is 1. The molecule has 1 N–H and O–H groups in total. The predicted molar refractivity (Wildman–Crippen MR) is 69.3 cm³/mol. The molecule has 0 amide bonds. The second-order valence-electron chi connectivity index (χ2n) is 4.23. The first-order chi connectivity index (χ1) is 9.68. The Bertz CT molecular complexity index is 584. The smallest absolute Gasteiger partial charge is 0.253 e. The SMILES string of the molecule is CCN(CCCNc1c(F)c(F)nc(F)c1F)S(C)(=O)=O. The number of halogens is 4. The molecule has 0 fully saturated rings. The first kappa shape index (κ1) is 17.6. The maximum atomic E-state index is 13.3. The summed E-state index contributed by atoms with van der Waals surface area (Å²) in [7, 11) is -3.36. The Morgan fingerprint density at radius 3 is 2.10 bits per heavy atom. The van der Waals surface area contributed by atoms with Gasteiger partial charge < -0.3 is 5.32 Å². The van der Waals surface area contributed by atoms with Crippen LogP contribution in [0.4, 0.5) is 23.2 Å². The van der Waals surface area contributed by atoms with Crippen molar-refractivity contribution in [3.63, 3.8) is 0 Å². The highest BCUT2D eigenvalue weighted by molar-refractivity contribution is 7.88. The number of hydrogen-bond acceptors (Lipinski definition) is 4. The molecule has 0 atom stereocenters. The molecule has 21 heavy (non-hydrogen) atoms. The summed E-state index contributed by atoms with van der Waals surface area (Å²) >= 11 is 0. The van der Waals surface area contributed by atoms with Crippen LogP contribution >= 0.6 is 0 Å². The first-order valence-corrected chi connectivity index (χ1v) is 7.92. The van der Waals surface area contributed by atoms with Crippen molar-refractivity contribution >= 4 is 15.7 Å². The molecule has 10 heteroatoms. The Morgan fingerprint density at radius 2 is 1.67 bits per heavy atom. The Balaban J connectivity index is 2.66. The minimum atomic E-state index is -3.36. The van der Waals surface area contributed by atoms with E-state index in [4.69, 9.17) is 0 Å². The van der Waals surface area contributed by atoms with Gasteiger partial charge >= 0.3 is 0 Å². The molecule has 0 aliphatic carbocycles. The Morgan fingerprint density at radius 1 is 1.14 bits per heavy atom. The van der Waals surface area contributed by atoms with Crippen LogP contribution in [0.1, 0.15) is 13.3 Å². The van der Waals surface area contributed by atoms with Gasteiger partial charge in [0.15, 0.2) is 0 Å². The third-order valence-corrected chi connectivity index (χ3v) is 4.08. The predicted octanol–water partition coefficient (Wildman–Crippen LogP) is 1.72. The standard InChI is InChI=1S/C11H15F4N3O2S/c1-3-18(21(2,19)20)6-4-5-16-9-7(12)10(14)17-11(15)8(9)13/h3-6H2,1-2H3,(H,16,17). The number of rotatable bonds is 7. The summed E-state index contributed by atoms with van der Waals surface area (Å²) in [5.41, 5.74) is -0.956. The molecule has 0 radical (unpaired) electrons. The molecule has 1 rings (SSSR count). The van der Waals surface area contributed by atoms with Crippen molar-refractivity contribution in [3.8, 4) is 0 Å². The van der Waals surface area contributed by atoms with Crippen LogP contribution < -0.4 is 5.32 Å². The molecule has 0 aliphatic heterocycles. The zero-order valence-electron chi connectivity index (χ0n) is 11.5. The van der Waals surface area contributed by atoms with E-state index >= 15 is 0 Å². The molecule has 0 aliphatic rings. The Labute approximate surface area is 120 Å². The third kappa shape index (κ3) is 4.53. The monoisotopic (exact) mass is 329 g/mol. The normalized spacial score (nSPS) is 12.0. The lowest BCUT2D eigenvalue weighted by atomic mass is 10.3. The van der Waals surface area contributed by atoms with Gasteiger partial charge in [0.25, 0.3) is 11.9 Å². The van der Waals surface area contributed by atoms with Crippen molar-refractivity contribution in [2.75, 3.05) is 31.2 Å². The van der Waals surface area contributed by atoms with Gasteiger partial charge in [-0.15, -0.1) is 0 Å². The second-order valence-corrected chi connectivity index (χ2v) is 6.21. The highest BCUT2D eigenvalue weighted by atomic mass is 32.2. The van der Waals surface area contributed by atoms with E-state index in [1.54, 1.807) is 6.92 Å². The fraction of sp³-hybridized carbons (Fsp3) is 0.545. The van der Waals surface area contributed by atoms with Crippen LogP contribution in [0.25, 0.3) is 0 Å². The summed E-state index contributed by atoms with van der Waals surface area (Å²) in [6.07, 6.45) is 1.24. The number of nitrogens with zero attached hydrogens (tertiary/aromatic N) is 2. The van der Waals surface area contributed by atoms with Gasteiger partial charge in [0.2, 0.25) is 21.7 Å². The third-order valence-electron chi connectivity index (χ3n) is 2.71. The molecule has 0 aromatic carbocycles. The van der Waals surface area contributed by atoms with Crippen LogP contribution in [0.3, 0.4) is 0 Å². The van der Waals surface area contributed by atoms with Crippen molar-refractivity contribution < 1.29 is 26.0 Å². The molecular weight excluding hydrogens is 314 g/mol. The summed E-state index contributed by atoms with van der Waals surface area (Å²) in [6.45, 7) is 1.94. The average molecular weight is 329 g/mol. The van der Waals surface area contributed by atoms with Crippen LogP contribution in [0, 0.1) is 23.5 Å². The maximum Gasteiger partial charge on any atom is 0.253 e. The van der Waals surface area contributed by atoms with Crippen molar-refractivity contribution in [1.82, 2.24) is 9.29 Å². The molecule has 0 unspecified atom stereocenters. The fourth-order valence-corrected chi connectivity index (χ4v) is 2.60. The van der Waals surface area contributed by atoms with Gasteiger partial charge in [-0.25, -0.2) is 12.7 Å². The number of pyridine rings is 1. The van der Waals surface area contributed by atoms with Gasteiger partial charge in [0.05, 0.1) is 6.26 Å². The topological polar surface area (TPSA) is 62.3 Å². The molecule has 0 saturated heterocycles. The van der Waals surface area contributed by atoms with Gasteiger partial charge in [0, 0.05) is 19.6 Å². The quantitative estimate of drug-likeness (QED) is 0.470. The maximum absolute atomic E-state index is 13.3. The van der Waals surface area contributed by atoms with Crippen LogP contribution in [0.15, 0.2) is 0 Å². The minimum Gasteiger partial charge on any atom is -0.380 e. The van der Waals surface area contributed by atoms with Crippen molar-refractivity contribution in [1.29, 1.82) is 0 Å². The highest BCUT2D eigenvalue weighted by Crippen LogP contribution is 2.21. The summed E-state index contributed by atoms with van der Waals surface area (Å²) < 4.78 is 76.0. The van der Waals surface area contributed by atoms with Gasteiger partial charge in [0.1, 0.15) is 5.69 Å². The van der Waals surface area contributed by atoms with E-state index in [9.17, 15) is 26.0 Å². The Kier molecular flexibility index (Phi) is 5.90. The number of sulfonamides is 1. The number of anilines is 1. The number of hydrogen-bond donors (Lipinski definition) is 1. The molecule has 0 bridgehead atoms. The lowest BCUT2D eigenvalue weighted by molar-refractivity contribution is 0.409. The van der Waals surface area contributed by atoms with E-state index in [2.05, 4.69) is 10.3 Å². The molecule has 5 nitrogen and oxygen atoms in total. The molecule has 0 spiro atoms. The molecule has 1 aromatic rings.